The third kappa shape index (κ3) is 4.37. The summed E-state index contributed by atoms with van der Waals surface area (Å²) in [6.45, 7) is 3.21. The van der Waals surface area contributed by atoms with Crippen molar-refractivity contribution in [3.63, 3.8) is 0 Å². The smallest absolute Gasteiger partial charge is 0.239 e. The molecule has 0 heterocycles. The number of hydrogen-bond donors (Lipinski definition) is 2. The molecule has 2 rings (SSSR count). The van der Waals surface area contributed by atoms with Crippen molar-refractivity contribution in [3.05, 3.63) is 17.2 Å². The van der Waals surface area contributed by atoms with E-state index >= 15 is 0 Å². The Hall–Kier alpha value is -1.95. The van der Waals surface area contributed by atoms with Crippen LogP contribution in [0.4, 0.5) is 5.69 Å². The number of benzene rings is 1. The van der Waals surface area contributed by atoms with E-state index in [2.05, 4.69) is 10.6 Å². The van der Waals surface area contributed by atoms with Gasteiger partial charge in [0.2, 0.25) is 11.8 Å². The minimum atomic E-state index is -1.22. The van der Waals surface area contributed by atoms with Gasteiger partial charge in [-0.3, -0.25) is 9.59 Å². The van der Waals surface area contributed by atoms with Crippen molar-refractivity contribution < 1.29 is 19.1 Å². The number of hydrogen-bond acceptors (Lipinski definition) is 4. The number of amides is 2. The van der Waals surface area contributed by atoms with Gasteiger partial charge < -0.3 is 20.1 Å². The second-order valence-electron chi connectivity index (χ2n) is 6.72. The summed E-state index contributed by atoms with van der Waals surface area (Å²) in [7, 11) is 2.96. The zero-order valence-corrected chi connectivity index (χ0v) is 15.8. The van der Waals surface area contributed by atoms with Gasteiger partial charge in [0.25, 0.3) is 0 Å². The van der Waals surface area contributed by atoms with Crippen LogP contribution in [0.3, 0.4) is 0 Å². The van der Waals surface area contributed by atoms with Crippen molar-refractivity contribution in [2.24, 2.45) is 5.41 Å². The van der Waals surface area contributed by atoms with Gasteiger partial charge in [-0.25, -0.2) is 0 Å². The van der Waals surface area contributed by atoms with E-state index in [1.54, 1.807) is 26.0 Å². The monoisotopic (exact) mass is 368 g/mol. The minimum absolute atomic E-state index is 0.157. The third-order valence-corrected chi connectivity index (χ3v) is 4.84. The van der Waals surface area contributed by atoms with Gasteiger partial charge in [0, 0.05) is 18.2 Å². The lowest BCUT2D eigenvalue weighted by Gasteiger charge is -2.25. The van der Waals surface area contributed by atoms with E-state index in [0.717, 1.165) is 25.7 Å². The molecule has 0 atom stereocenters. The van der Waals surface area contributed by atoms with Gasteiger partial charge in [-0.1, -0.05) is 24.4 Å². The van der Waals surface area contributed by atoms with E-state index in [1.807, 2.05) is 0 Å². The summed E-state index contributed by atoms with van der Waals surface area (Å²) in [5, 5.41) is 6.09. The maximum Gasteiger partial charge on any atom is 0.239 e. The standard InChI is InChI=1S/C18H25ClN2O4/c1-18(2,16(22)20-11-7-5-6-8-11)17(23)21-13-10-14(24-3)12(19)9-15(13)25-4/h9-11H,5-8H2,1-4H3,(H,20,22)(H,21,23). The summed E-state index contributed by atoms with van der Waals surface area (Å²) in [4.78, 5) is 25.2. The average Bonchev–Trinajstić information content (AvgIpc) is 3.08. The third-order valence-electron chi connectivity index (χ3n) is 4.55. The molecule has 1 aliphatic rings. The van der Waals surface area contributed by atoms with Crippen LogP contribution in [0.15, 0.2) is 12.1 Å². The van der Waals surface area contributed by atoms with Crippen LogP contribution in [0, 0.1) is 5.41 Å². The maximum atomic E-state index is 12.7. The first-order chi connectivity index (χ1) is 11.8. The van der Waals surface area contributed by atoms with E-state index in [4.69, 9.17) is 21.1 Å². The number of halogens is 1. The quantitative estimate of drug-likeness (QED) is 0.754. The van der Waals surface area contributed by atoms with Crippen LogP contribution in [0.5, 0.6) is 11.5 Å². The minimum Gasteiger partial charge on any atom is -0.495 e. The van der Waals surface area contributed by atoms with Crippen molar-refractivity contribution in [1.29, 1.82) is 0 Å². The highest BCUT2D eigenvalue weighted by molar-refractivity contribution is 6.32. The normalized spacial score (nSPS) is 14.9. The summed E-state index contributed by atoms with van der Waals surface area (Å²) >= 11 is 6.07. The van der Waals surface area contributed by atoms with E-state index in [-0.39, 0.29) is 11.9 Å². The molecule has 0 bridgehead atoms. The molecule has 0 radical (unpaired) electrons. The first-order valence-electron chi connectivity index (χ1n) is 8.33. The Labute approximate surface area is 153 Å². The molecule has 25 heavy (non-hydrogen) atoms. The first kappa shape index (κ1) is 19.4. The van der Waals surface area contributed by atoms with Crippen molar-refractivity contribution in [1.82, 2.24) is 5.32 Å². The van der Waals surface area contributed by atoms with E-state index < -0.39 is 11.3 Å². The molecule has 0 spiro atoms. The molecule has 2 N–H and O–H groups in total. The molecule has 2 amide bonds. The molecule has 1 fully saturated rings. The highest BCUT2D eigenvalue weighted by atomic mass is 35.5. The highest BCUT2D eigenvalue weighted by Gasteiger charge is 2.38. The fourth-order valence-electron chi connectivity index (χ4n) is 2.78. The summed E-state index contributed by atoms with van der Waals surface area (Å²) in [6.07, 6.45) is 4.15. The number of nitrogens with one attached hydrogen (secondary N) is 2. The van der Waals surface area contributed by atoms with Crippen LogP contribution in [0.1, 0.15) is 39.5 Å². The molecule has 1 aromatic carbocycles. The zero-order valence-electron chi connectivity index (χ0n) is 15.1. The summed E-state index contributed by atoms with van der Waals surface area (Å²) in [5.41, 5.74) is -0.823. The van der Waals surface area contributed by atoms with Crippen LogP contribution >= 0.6 is 11.6 Å². The SMILES string of the molecule is COc1cc(NC(=O)C(C)(C)C(=O)NC2CCCC2)c(OC)cc1Cl. The maximum absolute atomic E-state index is 12.7. The van der Waals surface area contributed by atoms with Gasteiger partial charge in [-0.2, -0.15) is 0 Å². The number of carbonyl (C=O) groups is 2. The Bertz CT molecular complexity index is 655. The Morgan fingerprint density at radius 3 is 2.24 bits per heavy atom. The van der Waals surface area contributed by atoms with Crippen LogP contribution in [0.25, 0.3) is 0 Å². The predicted octanol–water partition coefficient (Wildman–Crippen LogP) is 3.38. The second-order valence-corrected chi connectivity index (χ2v) is 7.13. The topological polar surface area (TPSA) is 76.7 Å². The molecule has 1 saturated carbocycles. The molecular weight excluding hydrogens is 344 g/mol. The first-order valence-corrected chi connectivity index (χ1v) is 8.71. The fourth-order valence-corrected chi connectivity index (χ4v) is 3.01. The predicted molar refractivity (Wildman–Crippen MR) is 97.4 cm³/mol. The summed E-state index contributed by atoms with van der Waals surface area (Å²) in [5.74, 6) is 0.0969. The zero-order chi connectivity index (χ0) is 18.6. The second kappa shape index (κ2) is 7.95. The van der Waals surface area contributed by atoms with Crippen molar-refractivity contribution in [2.75, 3.05) is 19.5 Å². The van der Waals surface area contributed by atoms with Gasteiger partial charge in [-0.15, -0.1) is 0 Å². The fraction of sp³-hybridized carbons (Fsp3) is 0.556. The highest BCUT2D eigenvalue weighted by Crippen LogP contribution is 2.36. The van der Waals surface area contributed by atoms with Crippen LogP contribution in [-0.4, -0.2) is 32.1 Å². The van der Waals surface area contributed by atoms with Gasteiger partial charge in [0.05, 0.1) is 24.9 Å². The van der Waals surface area contributed by atoms with Gasteiger partial charge in [-0.05, 0) is 26.7 Å². The Morgan fingerprint density at radius 1 is 1.08 bits per heavy atom. The lowest BCUT2D eigenvalue weighted by Crippen LogP contribution is -2.48. The number of methoxy groups -OCH3 is 2. The summed E-state index contributed by atoms with van der Waals surface area (Å²) < 4.78 is 10.4. The van der Waals surface area contributed by atoms with Crippen molar-refractivity contribution in [3.8, 4) is 11.5 Å². The van der Waals surface area contributed by atoms with Gasteiger partial charge in [0.1, 0.15) is 16.9 Å². The van der Waals surface area contributed by atoms with E-state index in [9.17, 15) is 9.59 Å². The van der Waals surface area contributed by atoms with Crippen molar-refractivity contribution in [2.45, 2.75) is 45.6 Å². The van der Waals surface area contributed by atoms with Crippen LogP contribution < -0.4 is 20.1 Å². The Kier molecular flexibility index (Phi) is 6.16. The average molecular weight is 369 g/mol. The van der Waals surface area contributed by atoms with Gasteiger partial charge >= 0.3 is 0 Å². The molecule has 1 aliphatic carbocycles. The molecule has 0 aromatic heterocycles. The molecule has 1 aromatic rings. The number of ether oxygens (including phenoxy) is 2. The van der Waals surface area contributed by atoms with Gasteiger partial charge in [0.15, 0.2) is 0 Å². The lowest BCUT2D eigenvalue weighted by atomic mass is 9.90. The van der Waals surface area contributed by atoms with E-state index in [1.165, 1.54) is 14.2 Å². The van der Waals surface area contributed by atoms with Crippen molar-refractivity contribution >= 4 is 29.1 Å². The van der Waals surface area contributed by atoms with E-state index in [0.29, 0.717) is 22.2 Å². The van der Waals surface area contributed by atoms with Crippen LogP contribution in [-0.2, 0) is 9.59 Å². The summed E-state index contributed by atoms with van der Waals surface area (Å²) in [6, 6.07) is 3.29. The molecular formula is C18H25ClN2O4. The number of anilines is 1. The molecule has 6 nitrogen and oxygen atoms in total. The molecule has 0 aliphatic heterocycles. The lowest BCUT2D eigenvalue weighted by molar-refractivity contribution is -0.138. The molecule has 138 valence electrons. The number of carbonyl (C=O) groups excluding carboxylic acids is 2. The molecule has 0 unspecified atom stereocenters. The number of rotatable bonds is 6. The molecule has 7 heteroatoms. The largest absolute Gasteiger partial charge is 0.495 e. The Morgan fingerprint density at radius 2 is 1.68 bits per heavy atom. The molecule has 0 saturated heterocycles. The van der Waals surface area contributed by atoms with Crippen LogP contribution in [0.2, 0.25) is 5.02 Å². The Balaban J connectivity index is 2.15.